The first kappa shape index (κ1) is 28.2. The summed E-state index contributed by atoms with van der Waals surface area (Å²) in [5.74, 6) is -0.0714. The van der Waals surface area contributed by atoms with E-state index in [1.807, 2.05) is 53.4 Å². The summed E-state index contributed by atoms with van der Waals surface area (Å²) in [4.78, 5) is 42.3. The van der Waals surface area contributed by atoms with Crippen molar-refractivity contribution in [3.63, 3.8) is 0 Å². The zero-order chi connectivity index (χ0) is 28.8. The molecule has 2 aliphatic heterocycles. The summed E-state index contributed by atoms with van der Waals surface area (Å²) < 4.78 is 6.86. The number of aromatic nitrogens is 3. The Hall–Kier alpha value is -4.29. The quantitative estimate of drug-likeness (QED) is 0.313. The number of likely N-dealkylation sites (tertiary alicyclic amines) is 1. The fourth-order valence-electron chi connectivity index (χ4n) is 5.45. The number of aliphatic hydroxyl groups excluding tert-OH is 1. The Morgan fingerprint density at radius 1 is 1.05 bits per heavy atom. The summed E-state index contributed by atoms with van der Waals surface area (Å²) in [6.45, 7) is 1.35. The molecule has 4 N–H and O–H groups in total. The third-order valence-electron chi connectivity index (χ3n) is 7.47. The van der Waals surface area contributed by atoms with Crippen molar-refractivity contribution in [1.29, 1.82) is 0 Å². The van der Waals surface area contributed by atoms with Gasteiger partial charge in [0, 0.05) is 38.3 Å². The van der Waals surface area contributed by atoms with Crippen molar-refractivity contribution in [3.05, 3.63) is 77.1 Å². The summed E-state index contributed by atoms with van der Waals surface area (Å²) in [7, 11) is 1.61. The van der Waals surface area contributed by atoms with Crippen molar-refractivity contribution < 1.29 is 24.2 Å². The average Bonchev–Trinajstić information content (AvgIpc) is 3.58. The number of benzene rings is 2. The summed E-state index contributed by atoms with van der Waals surface area (Å²) in [5.41, 5.74) is 3.15. The van der Waals surface area contributed by atoms with Gasteiger partial charge in [-0.1, -0.05) is 41.6 Å². The van der Waals surface area contributed by atoms with Crippen LogP contribution in [0.1, 0.15) is 28.8 Å². The predicted molar refractivity (Wildman–Crippen MR) is 148 cm³/mol. The Labute approximate surface area is 238 Å². The highest BCUT2D eigenvalue weighted by molar-refractivity contribution is 5.90. The van der Waals surface area contributed by atoms with E-state index in [0.29, 0.717) is 25.2 Å². The van der Waals surface area contributed by atoms with Crippen molar-refractivity contribution in [2.45, 2.75) is 57.0 Å². The van der Waals surface area contributed by atoms with Crippen LogP contribution in [0.5, 0.6) is 5.75 Å². The standard InChI is InChI=1S/C29H35N7O5/c1-41-24-8-4-5-19(11-24)16-35-17-22-14-26(35)29(40)32-25(13-23-18-36(9-10-37)34-33-23)28(39)30-15-21-7-3-2-6-20(21)12-27(38)31-22/h2-8,11,18,22,25-26,37H,9-10,12-17H2,1H3,(H,30,39)(H,31,38)(H,32,40)/t22-,25-,26+/m1/s1. The van der Waals surface area contributed by atoms with Gasteiger partial charge in [0.1, 0.15) is 11.8 Å². The lowest BCUT2D eigenvalue weighted by atomic mass is 10.0. The van der Waals surface area contributed by atoms with Gasteiger partial charge >= 0.3 is 0 Å². The van der Waals surface area contributed by atoms with Crippen LogP contribution in [0.4, 0.5) is 0 Å². The van der Waals surface area contributed by atoms with E-state index in [4.69, 9.17) is 4.74 Å². The minimum Gasteiger partial charge on any atom is -0.497 e. The van der Waals surface area contributed by atoms with Gasteiger partial charge in [-0.2, -0.15) is 0 Å². The molecule has 1 saturated heterocycles. The zero-order valence-electron chi connectivity index (χ0n) is 23.0. The molecule has 3 atom stereocenters. The van der Waals surface area contributed by atoms with E-state index in [1.165, 1.54) is 4.68 Å². The number of hydrogen-bond donors (Lipinski definition) is 4. The van der Waals surface area contributed by atoms with E-state index in [1.54, 1.807) is 13.3 Å². The molecule has 12 heteroatoms. The third kappa shape index (κ3) is 7.08. The summed E-state index contributed by atoms with van der Waals surface area (Å²) >= 11 is 0. The number of carbonyl (C=O) groups is 3. The first-order valence-electron chi connectivity index (χ1n) is 13.7. The second-order valence-corrected chi connectivity index (χ2v) is 10.4. The highest BCUT2D eigenvalue weighted by atomic mass is 16.5. The number of carbonyl (C=O) groups excluding carboxylic acids is 3. The first-order chi connectivity index (χ1) is 19.9. The number of hydrogen-bond acceptors (Lipinski definition) is 8. The molecule has 2 aromatic carbocycles. The van der Waals surface area contributed by atoms with Crippen LogP contribution in [-0.4, -0.2) is 81.1 Å². The number of rotatable bonds is 7. The van der Waals surface area contributed by atoms with Gasteiger partial charge in [0.15, 0.2) is 0 Å². The van der Waals surface area contributed by atoms with Crippen molar-refractivity contribution in [2.24, 2.45) is 0 Å². The average molecular weight is 562 g/mol. The van der Waals surface area contributed by atoms with E-state index in [2.05, 4.69) is 26.3 Å². The minimum absolute atomic E-state index is 0.0919. The molecule has 0 saturated carbocycles. The first-order valence-corrected chi connectivity index (χ1v) is 13.7. The maximum atomic E-state index is 13.8. The maximum absolute atomic E-state index is 13.8. The molecule has 0 spiro atoms. The number of fused-ring (bicyclic) bond motifs is 3. The Balaban J connectivity index is 1.43. The van der Waals surface area contributed by atoms with E-state index < -0.39 is 12.1 Å². The number of methoxy groups -OCH3 is 1. The molecule has 2 aliphatic rings. The molecule has 12 nitrogen and oxygen atoms in total. The third-order valence-corrected chi connectivity index (χ3v) is 7.47. The fraction of sp³-hybridized carbons (Fsp3) is 0.414. The normalized spacial score (nSPS) is 21.8. The number of ether oxygens (including phenoxy) is 1. The molecule has 0 aliphatic carbocycles. The fourth-order valence-corrected chi connectivity index (χ4v) is 5.45. The van der Waals surface area contributed by atoms with E-state index in [-0.39, 0.29) is 56.3 Å². The highest BCUT2D eigenvalue weighted by Crippen LogP contribution is 2.24. The predicted octanol–water partition coefficient (Wildman–Crippen LogP) is -0.0619. The van der Waals surface area contributed by atoms with Crippen molar-refractivity contribution in [2.75, 3.05) is 20.3 Å². The molecule has 3 aromatic rings. The monoisotopic (exact) mass is 561 g/mol. The number of nitrogens with one attached hydrogen (secondary N) is 3. The molecule has 0 radical (unpaired) electrons. The van der Waals surface area contributed by atoms with Crippen LogP contribution >= 0.6 is 0 Å². The molecule has 41 heavy (non-hydrogen) atoms. The molecule has 1 aromatic heterocycles. The van der Waals surface area contributed by atoms with Gasteiger partial charge in [0.2, 0.25) is 17.7 Å². The van der Waals surface area contributed by atoms with Crippen LogP contribution in [0.2, 0.25) is 0 Å². The molecule has 3 amide bonds. The van der Waals surface area contributed by atoms with Gasteiger partial charge in [-0.25, -0.2) is 4.68 Å². The van der Waals surface area contributed by atoms with Gasteiger partial charge < -0.3 is 25.8 Å². The van der Waals surface area contributed by atoms with Crippen molar-refractivity contribution >= 4 is 17.7 Å². The van der Waals surface area contributed by atoms with Crippen molar-refractivity contribution in [3.8, 4) is 5.75 Å². The minimum atomic E-state index is -0.899. The second kappa shape index (κ2) is 12.9. The number of nitrogens with zero attached hydrogens (tertiary/aromatic N) is 4. The summed E-state index contributed by atoms with van der Waals surface area (Å²) in [6.07, 6.45) is 2.37. The molecule has 1 fully saturated rings. The van der Waals surface area contributed by atoms with Crippen LogP contribution in [0, 0.1) is 0 Å². The smallest absolute Gasteiger partial charge is 0.243 e. The lowest BCUT2D eigenvalue weighted by Crippen LogP contribution is -2.53. The van der Waals surface area contributed by atoms with Crippen LogP contribution < -0.4 is 20.7 Å². The zero-order valence-corrected chi connectivity index (χ0v) is 23.0. The van der Waals surface area contributed by atoms with Gasteiger partial charge in [-0.15, -0.1) is 5.10 Å². The number of amides is 3. The molecular formula is C29H35N7O5. The SMILES string of the molecule is COc1cccc(CN2C[C@H]3C[C@H]2C(=O)N[C@H](Cc2cn(CCO)nn2)C(=O)NCc2ccccc2CC(=O)N3)c1. The number of aliphatic hydroxyl groups is 1. The van der Waals surface area contributed by atoms with Gasteiger partial charge in [0.25, 0.3) is 0 Å². The Morgan fingerprint density at radius 3 is 2.68 bits per heavy atom. The largest absolute Gasteiger partial charge is 0.497 e. The molecule has 3 heterocycles. The lowest BCUT2D eigenvalue weighted by Gasteiger charge is -2.26. The van der Waals surface area contributed by atoms with Crippen molar-refractivity contribution in [1.82, 2.24) is 35.8 Å². The molecule has 5 rings (SSSR count). The Morgan fingerprint density at radius 2 is 1.88 bits per heavy atom. The molecular weight excluding hydrogens is 526 g/mol. The topological polar surface area (TPSA) is 151 Å². The molecule has 0 unspecified atom stereocenters. The summed E-state index contributed by atoms with van der Waals surface area (Å²) in [5, 5.41) is 26.3. The Bertz CT molecular complexity index is 1390. The van der Waals surface area contributed by atoms with Gasteiger partial charge in [-0.3, -0.25) is 19.3 Å². The Kier molecular flexibility index (Phi) is 8.90. The van der Waals surface area contributed by atoms with Crippen LogP contribution in [-0.2, 0) is 46.9 Å². The summed E-state index contributed by atoms with van der Waals surface area (Å²) in [6, 6.07) is 13.5. The van der Waals surface area contributed by atoms with Crippen LogP contribution in [0.3, 0.4) is 0 Å². The highest BCUT2D eigenvalue weighted by Gasteiger charge is 2.39. The van der Waals surface area contributed by atoms with Gasteiger partial charge in [0.05, 0.1) is 38.4 Å². The molecule has 216 valence electrons. The maximum Gasteiger partial charge on any atom is 0.243 e. The van der Waals surface area contributed by atoms with Crippen LogP contribution in [0.15, 0.2) is 54.7 Å². The van der Waals surface area contributed by atoms with E-state index in [0.717, 1.165) is 22.4 Å². The second-order valence-electron chi connectivity index (χ2n) is 10.4. The van der Waals surface area contributed by atoms with Gasteiger partial charge in [-0.05, 0) is 35.2 Å². The van der Waals surface area contributed by atoms with Crippen LogP contribution in [0.25, 0.3) is 0 Å². The van der Waals surface area contributed by atoms with E-state index in [9.17, 15) is 19.5 Å². The van der Waals surface area contributed by atoms with E-state index >= 15 is 0 Å². The lowest BCUT2D eigenvalue weighted by molar-refractivity contribution is -0.131. The molecule has 2 bridgehead atoms.